The van der Waals surface area contributed by atoms with Crippen LogP contribution in [0.15, 0.2) is 12.1 Å². The Morgan fingerprint density at radius 2 is 1.44 bits per heavy atom. The number of rotatable bonds is 3. The van der Waals surface area contributed by atoms with Crippen LogP contribution in [0.25, 0.3) is 11.3 Å². The van der Waals surface area contributed by atoms with E-state index < -0.39 is 52.1 Å². The first-order chi connectivity index (χ1) is 11.2. The number of H-pyrrole nitrogens is 1. The zero-order valence-corrected chi connectivity index (χ0v) is 20.5. The molecule has 1 aliphatic carbocycles. The van der Waals surface area contributed by atoms with Gasteiger partial charge in [0, 0.05) is 94.2 Å². The number of carboxylic acid groups (broad SMARTS) is 3. The van der Waals surface area contributed by atoms with E-state index in [1.54, 1.807) is 0 Å². The van der Waals surface area contributed by atoms with Gasteiger partial charge in [-0.25, -0.2) is 19.4 Å². The minimum absolute atomic E-state index is 0. The van der Waals surface area contributed by atoms with Crippen LogP contribution >= 0.6 is 0 Å². The number of aromatic amines is 1. The first-order valence-electron chi connectivity index (χ1n) is 6.29. The summed E-state index contributed by atoms with van der Waals surface area (Å²) in [5.41, 5.74) is -3.21. The summed E-state index contributed by atoms with van der Waals surface area (Å²) in [7, 11) is 0. The maximum atomic E-state index is 12.1. The second-order valence-electron chi connectivity index (χ2n) is 4.82. The third-order valence-corrected chi connectivity index (χ3v) is 3.43. The van der Waals surface area contributed by atoms with Crippen LogP contribution in [0.2, 0.25) is 0 Å². The summed E-state index contributed by atoms with van der Waals surface area (Å²) in [5, 5.41) is 27.3. The molecule has 3 radical (unpaired) electrons. The van der Waals surface area contributed by atoms with Crippen molar-refractivity contribution in [3.8, 4) is 11.3 Å². The summed E-state index contributed by atoms with van der Waals surface area (Å²) < 4.78 is 0. The molecule has 0 fully saturated rings. The van der Waals surface area contributed by atoms with Crippen molar-refractivity contribution in [3.05, 3.63) is 40.3 Å². The SMILES string of the molecule is O=C(O)c1cc(C(=O)O)c2c(n1)C(=O)C(=O)c1cc(C(=O)O)[nH]c1-2.[Na].[Na].[Na]. The topological polar surface area (TPSA) is 175 Å². The second-order valence-corrected chi connectivity index (χ2v) is 4.82. The van der Waals surface area contributed by atoms with Crippen molar-refractivity contribution in [2.75, 3.05) is 0 Å². The number of aromatic carboxylic acids is 3. The number of aromatic nitrogens is 2. The fraction of sp³-hybridized carbons (Fsp3) is 0. The summed E-state index contributed by atoms with van der Waals surface area (Å²) >= 11 is 0. The Kier molecular flexibility index (Phi) is 9.30. The van der Waals surface area contributed by atoms with E-state index in [9.17, 15) is 29.1 Å². The number of hydrogen-bond donors (Lipinski definition) is 4. The Labute approximate surface area is 216 Å². The van der Waals surface area contributed by atoms with Crippen LogP contribution in [0.4, 0.5) is 0 Å². The van der Waals surface area contributed by atoms with Crippen LogP contribution < -0.4 is 0 Å². The van der Waals surface area contributed by atoms with Gasteiger partial charge in [-0.1, -0.05) is 0 Å². The standard InChI is InChI=1S/C14H6N2O8.3Na/c17-10-4-2-6(14(23)24)15-8(4)7-3(12(19)20)1-5(13(21)22)16-9(7)11(10)18;;;/h1-2,15H,(H,19,20)(H,21,22)(H,23,24);;;. The summed E-state index contributed by atoms with van der Waals surface area (Å²) in [6.45, 7) is 0. The minimum Gasteiger partial charge on any atom is -0.478 e. The van der Waals surface area contributed by atoms with E-state index in [1.165, 1.54) is 0 Å². The van der Waals surface area contributed by atoms with Crippen LogP contribution in [0, 0.1) is 0 Å². The summed E-state index contributed by atoms with van der Waals surface area (Å²) in [6.07, 6.45) is 0. The number of carboxylic acids is 3. The van der Waals surface area contributed by atoms with Gasteiger partial charge in [0.05, 0.1) is 16.8 Å². The van der Waals surface area contributed by atoms with Gasteiger partial charge in [-0.2, -0.15) is 0 Å². The van der Waals surface area contributed by atoms with Gasteiger partial charge in [-0.05, 0) is 12.1 Å². The van der Waals surface area contributed by atoms with Crippen molar-refractivity contribution >= 4 is 118 Å². The van der Waals surface area contributed by atoms with Crippen LogP contribution in [-0.2, 0) is 0 Å². The molecular weight excluding hydrogens is 393 g/mol. The zero-order valence-electron chi connectivity index (χ0n) is 14.5. The number of carbonyl (C=O) groups excluding carboxylic acids is 2. The van der Waals surface area contributed by atoms with Crippen LogP contribution in [0.3, 0.4) is 0 Å². The Morgan fingerprint density at radius 1 is 0.852 bits per heavy atom. The maximum Gasteiger partial charge on any atom is 0.354 e. The predicted molar refractivity (Wildman–Crippen MR) is 90.8 cm³/mol. The Bertz CT molecular complexity index is 998. The van der Waals surface area contributed by atoms with Crippen molar-refractivity contribution in [3.63, 3.8) is 0 Å². The van der Waals surface area contributed by atoms with Gasteiger partial charge in [0.1, 0.15) is 17.1 Å². The fourth-order valence-electron chi connectivity index (χ4n) is 2.42. The summed E-state index contributed by atoms with van der Waals surface area (Å²) in [6, 6.07) is 1.65. The molecule has 2 heterocycles. The van der Waals surface area contributed by atoms with Gasteiger partial charge in [0.2, 0.25) is 5.78 Å². The molecule has 3 rings (SSSR count). The molecule has 13 heteroatoms. The van der Waals surface area contributed by atoms with Gasteiger partial charge in [-0.3, -0.25) is 9.59 Å². The van der Waals surface area contributed by atoms with E-state index in [0.717, 1.165) is 12.1 Å². The second kappa shape index (κ2) is 9.59. The number of ketones is 2. The Balaban J connectivity index is 0.00000225. The summed E-state index contributed by atoms with van der Waals surface area (Å²) in [4.78, 5) is 63.7. The molecule has 0 bridgehead atoms. The molecule has 27 heavy (non-hydrogen) atoms. The fourth-order valence-corrected chi connectivity index (χ4v) is 2.42. The molecule has 2 aromatic rings. The minimum atomic E-state index is -1.58. The number of nitrogens with zero attached hydrogens (tertiary/aromatic N) is 1. The van der Waals surface area contributed by atoms with Gasteiger partial charge >= 0.3 is 17.9 Å². The van der Waals surface area contributed by atoms with Crippen molar-refractivity contribution in [2.45, 2.75) is 0 Å². The van der Waals surface area contributed by atoms with Crippen LogP contribution in [-0.4, -0.2) is 143 Å². The monoisotopic (exact) mass is 399 g/mol. The first-order valence-corrected chi connectivity index (χ1v) is 6.29. The quantitative estimate of drug-likeness (QED) is 0.388. The number of pyridine rings is 1. The smallest absolute Gasteiger partial charge is 0.354 e. The number of hydrogen-bond acceptors (Lipinski definition) is 6. The molecule has 10 nitrogen and oxygen atoms in total. The molecule has 0 atom stereocenters. The third-order valence-electron chi connectivity index (χ3n) is 3.43. The van der Waals surface area contributed by atoms with Crippen LogP contribution in [0.1, 0.15) is 52.2 Å². The van der Waals surface area contributed by atoms with Crippen molar-refractivity contribution in [1.82, 2.24) is 9.97 Å². The first kappa shape index (κ1) is 26.2. The summed E-state index contributed by atoms with van der Waals surface area (Å²) in [5.74, 6) is -6.87. The van der Waals surface area contributed by atoms with E-state index in [0.29, 0.717) is 0 Å². The number of Topliss-reactive ketones (excluding diaryl/α,β-unsaturated/α-hetero) is 2. The van der Waals surface area contributed by atoms with Crippen LogP contribution in [0.5, 0.6) is 0 Å². The number of carbonyl (C=O) groups is 5. The maximum absolute atomic E-state index is 12.1. The normalized spacial score (nSPS) is 11.1. The molecule has 2 aromatic heterocycles. The van der Waals surface area contributed by atoms with Gasteiger partial charge in [0.25, 0.3) is 5.78 Å². The van der Waals surface area contributed by atoms with Crippen molar-refractivity contribution in [2.24, 2.45) is 0 Å². The van der Waals surface area contributed by atoms with E-state index in [1.807, 2.05) is 0 Å². The average Bonchev–Trinajstić information content (AvgIpc) is 2.96. The Hall–Kier alpha value is -0.820. The molecule has 0 spiro atoms. The van der Waals surface area contributed by atoms with Gasteiger partial charge in [-0.15, -0.1) is 0 Å². The number of fused-ring (bicyclic) bond motifs is 3. The molecule has 123 valence electrons. The third kappa shape index (κ3) is 4.44. The molecule has 0 aromatic carbocycles. The molecule has 0 unspecified atom stereocenters. The van der Waals surface area contributed by atoms with Crippen molar-refractivity contribution < 1.29 is 39.3 Å². The molecule has 0 amide bonds. The largest absolute Gasteiger partial charge is 0.478 e. The predicted octanol–water partition coefficient (Wildman–Crippen LogP) is -0.592. The molecule has 4 N–H and O–H groups in total. The van der Waals surface area contributed by atoms with E-state index in [4.69, 9.17) is 10.2 Å². The van der Waals surface area contributed by atoms with E-state index >= 15 is 0 Å². The molecule has 1 aliphatic rings. The van der Waals surface area contributed by atoms with Gasteiger partial charge < -0.3 is 20.3 Å². The molecular formula is C14H6N2Na3O8. The molecule has 0 saturated carbocycles. The average molecular weight is 399 g/mol. The Morgan fingerprint density at radius 3 is 1.93 bits per heavy atom. The van der Waals surface area contributed by atoms with E-state index in [-0.39, 0.29) is 105 Å². The molecule has 0 saturated heterocycles. The van der Waals surface area contributed by atoms with Crippen molar-refractivity contribution in [1.29, 1.82) is 0 Å². The molecule has 0 aliphatic heterocycles. The number of nitrogens with one attached hydrogen (secondary N) is 1. The van der Waals surface area contributed by atoms with E-state index in [2.05, 4.69) is 9.97 Å². The zero-order chi connectivity index (χ0) is 17.8. The van der Waals surface area contributed by atoms with Gasteiger partial charge in [0.15, 0.2) is 0 Å².